The van der Waals surface area contributed by atoms with Crippen LogP contribution in [0.1, 0.15) is 64.5 Å². The van der Waals surface area contributed by atoms with E-state index in [0.29, 0.717) is 12.5 Å². The number of fused-ring (bicyclic) bond motifs is 1. The van der Waals surface area contributed by atoms with Crippen LogP contribution in [-0.2, 0) is 10.2 Å². The number of hydrogen-bond donors (Lipinski definition) is 3. The van der Waals surface area contributed by atoms with E-state index in [-0.39, 0.29) is 33.7 Å². The first kappa shape index (κ1) is 18.1. The van der Waals surface area contributed by atoms with Crippen molar-refractivity contribution in [3.8, 4) is 11.5 Å². The summed E-state index contributed by atoms with van der Waals surface area (Å²) in [7, 11) is 0. The maximum absolute atomic E-state index is 12.5. The molecule has 1 aliphatic heterocycles. The summed E-state index contributed by atoms with van der Waals surface area (Å²) in [6.45, 7) is 11.3. The van der Waals surface area contributed by atoms with Gasteiger partial charge < -0.3 is 15.5 Å². The van der Waals surface area contributed by atoms with E-state index >= 15 is 0 Å². The molecule has 2 fully saturated rings. The first-order valence-electron chi connectivity index (χ1n) is 9.31. The zero-order valence-corrected chi connectivity index (χ0v) is 16.1. The predicted molar refractivity (Wildman–Crippen MR) is 98.7 cm³/mol. The highest BCUT2D eigenvalue weighted by Gasteiger charge is 2.54. The number of amides is 1. The normalized spacial score (nSPS) is 34.8. The Labute approximate surface area is 150 Å². The Morgan fingerprint density at radius 3 is 2.44 bits per heavy atom. The molecule has 4 heteroatoms. The number of benzene rings is 1. The van der Waals surface area contributed by atoms with Gasteiger partial charge in [-0.1, -0.05) is 27.7 Å². The van der Waals surface area contributed by atoms with Crippen molar-refractivity contribution in [2.45, 2.75) is 65.7 Å². The Bertz CT molecular complexity index is 688. The molecule has 4 nitrogen and oxygen atoms in total. The van der Waals surface area contributed by atoms with E-state index in [4.69, 9.17) is 0 Å². The molecule has 0 spiro atoms. The second kappa shape index (κ2) is 5.65. The van der Waals surface area contributed by atoms with Crippen LogP contribution < -0.4 is 5.32 Å². The smallest absolute Gasteiger partial charge is 0.225 e. The second-order valence-corrected chi connectivity index (χ2v) is 9.37. The topological polar surface area (TPSA) is 69.6 Å². The number of aryl methyl sites for hydroxylation is 1. The number of hydrogen-bond acceptors (Lipinski definition) is 3. The molecular formula is C21H31NO3. The van der Waals surface area contributed by atoms with E-state index in [1.165, 1.54) is 6.07 Å². The molecular weight excluding hydrogens is 314 g/mol. The summed E-state index contributed by atoms with van der Waals surface area (Å²) in [6.07, 6.45) is 3.79. The maximum atomic E-state index is 12.5. The van der Waals surface area contributed by atoms with Crippen LogP contribution in [-0.4, -0.2) is 22.7 Å². The third kappa shape index (κ3) is 2.80. The number of aromatic hydroxyl groups is 2. The lowest BCUT2D eigenvalue weighted by atomic mass is 9.50. The van der Waals surface area contributed by atoms with Gasteiger partial charge in [0.15, 0.2) is 0 Å². The highest BCUT2D eigenvalue weighted by Crippen LogP contribution is 2.59. The monoisotopic (exact) mass is 345 g/mol. The Hall–Kier alpha value is -1.71. The van der Waals surface area contributed by atoms with Gasteiger partial charge in [0.25, 0.3) is 0 Å². The van der Waals surface area contributed by atoms with Crippen molar-refractivity contribution in [3.05, 3.63) is 23.3 Å². The average molecular weight is 345 g/mol. The summed E-state index contributed by atoms with van der Waals surface area (Å²) in [5, 5.41) is 23.4. The van der Waals surface area contributed by atoms with Crippen LogP contribution >= 0.6 is 0 Å². The zero-order valence-electron chi connectivity index (χ0n) is 16.1. The third-order valence-corrected chi connectivity index (χ3v) is 6.96. The van der Waals surface area contributed by atoms with Gasteiger partial charge in [-0.2, -0.15) is 0 Å². The van der Waals surface area contributed by atoms with Gasteiger partial charge in [-0.15, -0.1) is 0 Å². The molecule has 138 valence electrons. The minimum atomic E-state index is -0.376. The summed E-state index contributed by atoms with van der Waals surface area (Å²) in [5.41, 5.74) is 1.39. The SMILES string of the molecule is Cc1cc(O)cc(O)c1[C@@]1(C)CC[C@@H]2C(C)(C)C(=O)NCC[C@@]2(C)C1. The van der Waals surface area contributed by atoms with E-state index < -0.39 is 0 Å². The lowest BCUT2D eigenvalue weighted by Gasteiger charge is -2.53. The Kier molecular flexibility index (Phi) is 4.09. The minimum Gasteiger partial charge on any atom is -0.508 e. The summed E-state index contributed by atoms with van der Waals surface area (Å²) in [6, 6.07) is 3.18. The van der Waals surface area contributed by atoms with Crippen LogP contribution in [0.5, 0.6) is 11.5 Å². The van der Waals surface area contributed by atoms with Crippen LogP contribution in [0, 0.1) is 23.7 Å². The van der Waals surface area contributed by atoms with Crippen LogP contribution in [0.3, 0.4) is 0 Å². The van der Waals surface area contributed by atoms with Gasteiger partial charge in [0.1, 0.15) is 11.5 Å². The molecule has 1 aliphatic carbocycles. The molecule has 0 bridgehead atoms. The molecule has 0 unspecified atom stereocenters. The molecule has 3 atom stereocenters. The quantitative estimate of drug-likeness (QED) is 0.720. The molecule has 1 amide bonds. The number of carbonyl (C=O) groups excluding carboxylic acids is 1. The number of rotatable bonds is 1. The van der Waals surface area contributed by atoms with Crippen LogP contribution in [0.25, 0.3) is 0 Å². The molecule has 25 heavy (non-hydrogen) atoms. The van der Waals surface area contributed by atoms with Gasteiger partial charge in [-0.3, -0.25) is 4.79 Å². The number of nitrogens with one attached hydrogen (secondary N) is 1. The number of carbonyl (C=O) groups is 1. The summed E-state index contributed by atoms with van der Waals surface area (Å²) >= 11 is 0. The van der Waals surface area contributed by atoms with Crippen molar-refractivity contribution in [1.82, 2.24) is 5.32 Å². The van der Waals surface area contributed by atoms with E-state index in [9.17, 15) is 15.0 Å². The van der Waals surface area contributed by atoms with Crippen molar-refractivity contribution in [1.29, 1.82) is 0 Å². The summed E-state index contributed by atoms with van der Waals surface area (Å²) < 4.78 is 0. The molecule has 1 aromatic rings. The van der Waals surface area contributed by atoms with E-state index in [1.807, 2.05) is 6.92 Å². The standard InChI is InChI=1S/C21H31NO3/c1-13-10-14(23)11-15(24)17(13)21(5)7-6-16-19(2,3)18(25)22-9-8-20(16,4)12-21/h10-11,16,23-24H,6-9,12H2,1-5H3,(H,22,25)/t16-,20+,21+/m1/s1. The third-order valence-electron chi connectivity index (χ3n) is 6.96. The van der Waals surface area contributed by atoms with Crippen molar-refractivity contribution in [2.24, 2.45) is 16.7 Å². The van der Waals surface area contributed by atoms with Crippen molar-refractivity contribution >= 4 is 5.91 Å². The number of phenolic OH excluding ortho intramolecular Hbond substituents is 2. The van der Waals surface area contributed by atoms with Gasteiger partial charge in [0.2, 0.25) is 5.91 Å². The molecule has 1 saturated carbocycles. The summed E-state index contributed by atoms with van der Waals surface area (Å²) in [5.74, 6) is 0.778. The molecule has 0 radical (unpaired) electrons. The first-order valence-corrected chi connectivity index (χ1v) is 9.31. The van der Waals surface area contributed by atoms with E-state index in [2.05, 4.69) is 33.0 Å². The highest BCUT2D eigenvalue weighted by molar-refractivity contribution is 5.82. The molecule has 1 aromatic carbocycles. The summed E-state index contributed by atoms with van der Waals surface area (Å²) in [4.78, 5) is 12.5. The second-order valence-electron chi connectivity index (χ2n) is 9.37. The van der Waals surface area contributed by atoms with E-state index in [1.54, 1.807) is 6.07 Å². The van der Waals surface area contributed by atoms with Gasteiger partial charge in [-0.25, -0.2) is 0 Å². The largest absolute Gasteiger partial charge is 0.508 e. The molecule has 0 aromatic heterocycles. The lowest BCUT2D eigenvalue weighted by Crippen LogP contribution is -2.49. The van der Waals surface area contributed by atoms with Gasteiger partial charge in [-0.05, 0) is 61.0 Å². The molecule has 1 heterocycles. The first-order chi connectivity index (χ1) is 11.5. The fourth-order valence-corrected chi connectivity index (χ4v) is 6.01. The predicted octanol–water partition coefficient (Wildman–Crippen LogP) is 4.02. The Morgan fingerprint density at radius 1 is 1.12 bits per heavy atom. The molecule has 2 aliphatic rings. The average Bonchev–Trinajstić information content (AvgIpc) is 2.52. The van der Waals surface area contributed by atoms with Gasteiger partial charge >= 0.3 is 0 Å². The van der Waals surface area contributed by atoms with E-state index in [0.717, 1.165) is 36.8 Å². The van der Waals surface area contributed by atoms with Crippen molar-refractivity contribution in [3.63, 3.8) is 0 Å². The van der Waals surface area contributed by atoms with Crippen LogP contribution in [0.15, 0.2) is 12.1 Å². The lowest BCUT2D eigenvalue weighted by molar-refractivity contribution is -0.135. The maximum Gasteiger partial charge on any atom is 0.225 e. The van der Waals surface area contributed by atoms with Gasteiger partial charge in [0, 0.05) is 23.6 Å². The Morgan fingerprint density at radius 2 is 1.80 bits per heavy atom. The molecule has 1 saturated heterocycles. The number of phenols is 2. The van der Waals surface area contributed by atoms with Gasteiger partial charge in [0.05, 0.1) is 0 Å². The van der Waals surface area contributed by atoms with Crippen molar-refractivity contribution in [2.75, 3.05) is 6.54 Å². The van der Waals surface area contributed by atoms with Crippen molar-refractivity contribution < 1.29 is 15.0 Å². The molecule has 3 rings (SSSR count). The zero-order chi connectivity index (χ0) is 18.6. The van der Waals surface area contributed by atoms with Crippen LogP contribution in [0.4, 0.5) is 0 Å². The Balaban J connectivity index is 2.03. The molecule has 3 N–H and O–H groups in total. The van der Waals surface area contributed by atoms with Crippen LogP contribution in [0.2, 0.25) is 0 Å². The fraction of sp³-hybridized carbons (Fsp3) is 0.667. The minimum absolute atomic E-state index is 0.0342. The highest BCUT2D eigenvalue weighted by atomic mass is 16.3. The fourth-order valence-electron chi connectivity index (χ4n) is 6.01.